The summed E-state index contributed by atoms with van der Waals surface area (Å²) in [6.45, 7) is 1.08. The Labute approximate surface area is 143 Å². The van der Waals surface area contributed by atoms with Gasteiger partial charge in [0, 0.05) is 4.88 Å². The lowest BCUT2D eigenvalue weighted by atomic mass is 10.0. The normalized spacial score (nSPS) is 13.7. The molecule has 1 aromatic carbocycles. The maximum Gasteiger partial charge on any atom is 0.157 e. The predicted octanol–water partition coefficient (Wildman–Crippen LogP) is 3.98. The molecule has 0 bridgehead atoms. The summed E-state index contributed by atoms with van der Waals surface area (Å²) in [7, 11) is 0. The zero-order valence-corrected chi connectivity index (χ0v) is 14.1. The van der Waals surface area contributed by atoms with E-state index >= 15 is 0 Å². The maximum absolute atomic E-state index is 12.9. The number of halogens is 1. The van der Waals surface area contributed by atoms with E-state index in [1.807, 2.05) is 6.20 Å². The zero-order valence-electron chi connectivity index (χ0n) is 13.2. The molecule has 4 nitrogen and oxygen atoms in total. The summed E-state index contributed by atoms with van der Waals surface area (Å²) in [5.74, 6) is 0.500. The van der Waals surface area contributed by atoms with E-state index < -0.39 is 0 Å². The number of rotatable bonds is 5. The van der Waals surface area contributed by atoms with E-state index in [-0.39, 0.29) is 5.82 Å². The van der Waals surface area contributed by atoms with E-state index in [1.54, 1.807) is 34.3 Å². The van der Waals surface area contributed by atoms with Gasteiger partial charge in [-0.15, -0.1) is 11.3 Å². The molecule has 0 atom stereocenters. The van der Waals surface area contributed by atoms with Gasteiger partial charge < -0.3 is 4.74 Å². The maximum atomic E-state index is 12.9. The lowest BCUT2D eigenvalue weighted by Gasteiger charge is -2.06. The molecule has 24 heavy (non-hydrogen) atoms. The summed E-state index contributed by atoms with van der Waals surface area (Å²) in [6.07, 6.45) is 8.33. The molecule has 6 heteroatoms. The van der Waals surface area contributed by atoms with Gasteiger partial charge >= 0.3 is 0 Å². The summed E-state index contributed by atoms with van der Waals surface area (Å²) in [5.41, 5.74) is 2.26. The van der Waals surface area contributed by atoms with E-state index in [0.717, 1.165) is 29.2 Å². The first-order valence-electron chi connectivity index (χ1n) is 8.13. The van der Waals surface area contributed by atoms with Crippen molar-refractivity contribution in [2.75, 3.05) is 0 Å². The second kappa shape index (κ2) is 6.73. The van der Waals surface area contributed by atoms with E-state index in [4.69, 9.17) is 4.74 Å². The standard InChI is InChI=1S/C18H18FN3OS/c19-14-7-5-13(6-8-14)10-22-11-15(9-20-22)23-12-18-21-16-3-1-2-4-17(16)24-18/h5-9,11H,1-4,10,12H2. The van der Waals surface area contributed by atoms with Gasteiger partial charge in [-0.2, -0.15) is 5.10 Å². The second-order valence-corrected chi connectivity index (χ2v) is 7.14. The van der Waals surface area contributed by atoms with E-state index in [0.29, 0.717) is 13.2 Å². The molecule has 124 valence electrons. The first kappa shape index (κ1) is 15.3. The van der Waals surface area contributed by atoms with Crippen molar-refractivity contribution in [3.8, 4) is 5.75 Å². The van der Waals surface area contributed by atoms with Crippen molar-refractivity contribution in [2.24, 2.45) is 0 Å². The van der Waals surface area contributed by atoms with Gasteiger partial charge in [0.2, 0.25) is 0 Å². The summed E-state index contributed by atoms with van der Waals surface area (Å²) < 4.78 is 20.5. The van der Waals surface area contributed by atoms with Gasteiger partial charge in [-0.3, -0.25) is 4.68 Å². The van der Waals surface area contributed by atoms with Crippen LogP contribution in [0.3, 0.4) is 0 Å². The zero-order chi connectivity index (χ0) is 16.4. The largest absolute Gasteiger partial charge is 0.483 e. The molecule has 2 heterocycles. The van der Waals surface area contributed by atoms with Crippen LogP contribution in [0.2, 0.25) is 0 Å². The number of ether oxygens (including phenoxy) is 1. The lowest BCUT2D eigenvalue weighted by molar-refractivity contribution is 0.305. The number of hydrogen-bond donors (Lipinski definition) is 0. The fourth-order valence-electron chi connectivity index (χ4n) is 2.89. The molecule has 0 unspecified atom stereocenters. The van der Waals surface area contributed by atoms with Crippen LogP contribution in [-0.4, -0.2) is 14.8 Å². The first-order valence-corrected chi connectivity index (χ1v) is 8.95. The van der Waals surface area contributed by atoms with Crippen LogP contribution in [0.25, 0.3) is 0 Å². The summed E-state index contributed by atoms with van der Waals surface area (Å²) in [4.78, 5) is 6.10. The number of aryl methyl sites for hydroxylation is 2. The van der Waals surface area contributed by atoms with E-state index in [1.165, 1.54) is 35.5 Å². The molecule has 0 saturated heterocycles. The Balaban J connectivity index is 1.36. The van der Waals surface area contributed by atoms with Crippen LogP contribution in [0.4, 0.5) is 4.39 Å². The Hall–Kier alpha value is -2.21. The molecule has 3 aromatic rings. The highest BCUT2D eigenvalue weighted by molar-refractivity contribution is 7.11. The van der Waals surface area contributed by atoms with Crippen LogP contribution in [0, 0.1) is 5.82 Å². The van der Waals surface area contributed by atoms with Crippen molar-refractivity contribution in [2.45, 2.75) is 38.8 Å². The number of nitrogens with zero attached hydrogens (tertiary/aromatic N) is 3. The van der Waals surface area contributed by atoms with Crippen LogP contribution in [0.1, 0.15) is 34.0 Å². The molecule has 1 aliphatic carbocycles. The number of benzene rings is 1. The molecule has 2 aromatic heterocycles. The third-order valence-electron chi connectivity index (χ3n) is 4.12. The van der Waals surface area contributed by atoms with Gasteiger partial charge in [0.25, 0.3) is 0 Å². The Morgan fingerprint density at radius 2 is 2.00 bits per heavy atom. The predicted molar refractivity (Wildman–Crippen MR) is 90.8 cm³/mol. The highest BCUT2D eigenvalue weighted by atomic mass is 32.1. The molecule has 0 N–H and O–H groups in total. The molecule has 1 aliphatic rings. The Morgan fingerprint density at radius 3 is 2.83 bits per heavy atom. The topological polar surface area (TPSA) is 39.9 Å². The highest BCUT2D eigenvalue weighted by Gasteiger charge is 2.15. The SMILES string of the molecule is Fc1ccc(Cn2cc(OCc3nc4c(s3)CCCC4)cn2)cc1. The lowest BCUT2D eigenvalue weighted by Crippen LogP contribution is -2.00. The molecule has 0 amide bonds. The van der Waals surface area contributed by atoms with Gasteiger partial charge in [0.15, 0.2) is 5.75 Å². The molecular formula is C18H18FN3OS. The number of fused-ring (bicyclic) bond motifs is 1. The minimum absolute atomic E-state index is 0.227. The van der Waals surface area contributed by atoms with Gasteiger partial charge in [-0.25, -0.2) is 9.37 Å². The summed E-state index contributed by atoms with van der Waals surface area (Å²) in [5, 5.41) is 5.33. The minimum atomic E-state index is -0.227. The average Bonchev–Trinajstić information content (AvgIpc) is 3.21. The Bertz CT molecular complexity index is 802. The van der Waals surface area contributed by atoms with Crippen molar-refractivity contribution >= 4 is 11.3 Å². The third-order valence-corrected chi connectivity index (χ3v) is 5.25. The first-order chi connectivity index (χ1) is 11.8. The van der Waals surface area contributed by atoms with Crippen LogP contribution < -0.4 is 4.74 Å². The average molecular weight is 343 g/mol. The van der Waals surface area contributed by atoms with Crippen LogP contribution in [0.15, 0.2) is 36.7 Å². The van der Waals surface area contributed by atoms with Gasteiger partial charge in [-0.1, -0.05) is 12.1 Å². The molecule has 0 radical (unpaired) electrons. The van der Waals surface area contributed by atoms with Gasteiger partial charge in [0.05, 0.1) is 24.6 Å². The number of thiazole rings is 1. The Kier molecular flexibility index (Phi) is 4.30. The van der Waals surface area contributed by atoms with Crippen molar-refractivity contribution < 1.29 is 9.13 Å². The van der Waals surface area contributed by atoms with Crippen molar-refractivity contribution in [1.29, 1.82) is 0 Å². The number of aromatic nitrogens is 3. The fourth-order valence-corrected chi connectivity index (χ4v) is 3.96. The molecule has 0 spiro atoms. The minimum Gasteiger partial charge on any atom is -0.483 e. The quantitative estimate of drug-likeness (QED) is 0.703. The smallest absolute Gasteiger partial charge is 0.157 e. The van der Waals surface area contributed by atoms with Crippen LogP contribution in [-0.2, 0) is 26.0 Å². The Morgan fingerprint density at radius 1 is 1.17 bits per heavy atom. The number of hydrogen-bond acceptors (Lipinski definition) is 4. The molecule has 0 saturated carbocycles. The van der Waals surface area contributed by atoms with Gasteiger partial charge in [-0.05, 0) is 43.4 Å². The van der Waals surface area contributed by atoms with E-state index in [9.17, 15) is 4.39 Å². The third kappa shape index (κ3) is 3.48. The van der Waals surface area contributed by atoms with Crippen LogP contribution >= 0.6 is 11.3 Å². The van der Waals surface area contributed by atoms with Gasteiger partial charge in [0.1, 0.15) is 17.4 Å². The second-order valence-electron chi connectivity index (χ2n) is 5.97. The summed E-state index contributed by atoms with van der Waals surface area (Å²) in [6, 6.07) is 6.44. The molecular weight excluding hydrogens is 325 g/mol. The summed E-state index contributed by atoms with van der Waals surface area (Å²) >= 11 is 1.77. The monoisotopic (exact) mass is 343 g/mol. The molecule has 0 fully saturated rings. The van der Waals surface area contributed by atoms with Crippen LogP contribution in [0.5, 0.6) is 5.75 Å². The van der Waals surface area contributed by atoms with E-state index in [2.05, 4.69) is 10.1 Å². The van der Waals surface area contributed by atoms with Crippen molar-refractivity contribution in [3.63, 3.8) is 0 Å². The molecule has 0 aliphatic heterocycles. The highest BCUT2D eigenvalue weighted by Crippen LogP contribution is 2.27. The fraction of sp³-hybridized carbons (Fsp3) is 0.333. The molecule has 4 rings (SSSR count). The van der Waals surface area contributed by atoms with Crippen molar-refractivity contribution in [1.82, 2.24) is 14.8 Å². The van der Waals surface area contributed by atoms with Crippen molar-refractivity contribution in [3.05, 3.63) is 63.6 Å².